The number of fused-ring (bicyclic) bond motifs is 2. The summed E-state index contributed by atoms with van der Waals surface area (Å²) in [6, 6.07) is -5.85. The summed E-state index contributed by atoms with van der Waals surface area (Å²) in [7, 11) is 5.86. The van der Waals surface area contributed by atoms with Crippen LogP contribution in [0.2, 0.25) is 0 Å². The molecule has 0 aromatic heterocycles. The van der Waals surface area contributed by atoms with Crippen LogP contribution in [0.25, 0.3) is 0 Å². The normalized spacial score (nSPS) is 29.0. The van der Waals surface area contributed by atoms with Gasteiger partial charge in [0.2, 0.25) is 47.3 Å². The van der Waals surface area contributed by atoms with E-state index in [1.807, 2.05) is 41.5 Å². The van der Waals surface area contributed by atoms with Gasteiger partial charge in [-0.25, -0.2) is 0 Å². The Morgan fingerprint density at radius 1 is 0.523 bits per heavy atom. The molecule has 0 saturated carbocycles. The molecule has 3 heterocycles. The van der Waals surface area contributed by atoms with Crippen molar-refractivity contribution in [2.45, 2.75) is 156 Å². The summed E-state index contributed by atoms with van der Waals surface area (Å²) in [5, 5.41) is 5.59. The molecule has 0 radical (unpaired) electrons. The molecule has 0 spiro atoms. The fourth-order valence-electron chi connectivity index (χ4n) is 9.17. The number of carbonyl (C=O) groups excluding carboxylic acids is 10. The first kappa shape index (κ1) is 54.4. The summed E-state index contributed by atoms with van der Waals surface area (Å²) in [5.74, 6) is -6.38. The molecule has 8 amide bonds. The maximum Gasteiger partial charge on any atom is 0.245 e. The molecule has 0 aromatic rings. The molecule has 8 atom stereocenters. The van der Waals surface area contributed by atoms with E-state index in [1.54, 1.807) is 13.8 Å². The molecule has 0 unspecified atom stereocenters. The highest BCUT2D eigenvalue weighted by molar-refractivity contribution is 5.98. The number of ketones is 2. The van der Waals surface area contributed by atoms with Crippen molar-refractivity contribution in [1.82, 2.24) is 40.0 Å². The average Bonchev–Trinajstić information content (AvgIpc) is 3.93. The summed E-state index contributed by atoms with van der Waals surface area (Å²) in [6.07, 6.45) is 2.18. The van der Waals surface area contributed by atoms with Crippen LogP contribution in [0.3, 0.4) is 0 Å². The predicted molar refractivity (Wildman–Crippen MR) is 243 cm³/mol. The third kappa shape index (κ3) is 14.5. The van der Waals surface area contributed by atoms with Crippen LogP contribution in [-0.4, -0.2) is 179 Å². The van der Waals surface area contributed by atoms with Crippen LogP contribution in [0.15, 0.2) is 0 Å². The van der Waals surface area contributed by atoms with E-state index < -0.39 is 102 Å². The van der Waals surface area contributed by atoms with E-state index in [2.05, 4.69) is 10.6 Å². The second kappa shape index (κ2) is 24.0. The third-order valence-corrected chi connectivity index (χ3v) is 13.1. The molecule has 0 aromatic carbocycles. The smallest absolute Gasteiger partial charge is 0.245 e. The Balaban J connectivity index is 2.01. The number of amides is 8. The Morgan fingerprint density at radius 2 is 0.985 bits per heavy atom. The largest absolute Gasteiger partial charge is 0.343 e. The maximum absolute atomic E-state index is 14.3. The van der Waals surface area contributed by atoms with Crippen LogP contribution in [-0.2, 0) is 47.9 Å². The van der Waals surface area contributed by atoms with Crippen molar-refractivity contribution < 1.29 is 47.9 Å². The summed E-state index contributed by atoms with van der Waals surface area (Å²) < 4.78 is 0. The van der Waals surface area contributed by atoms with Crippen LogP contribution in [0, 0.1) is 29.6 Å². The van der Waals surface area contributed by atoms with Crippen molar-refractivity contribution in [2.75, 3.05) is 54.4 Å². The second-order valence-corrected chi connectivity index (χ2v) is 20.1. The fraction of sp³-hybridized carbons (Fsp3) is 0.787. The Labute approximate surface area is 386 Å². The first-order chi connectivity index (χ1) is 30.3. The molecule has 2 N–H and O–H groups in total. The molecular formula is C47H78N8O10. The summed E-state index contributed by atoms with van der Waals surface area (Å²) >= 11 is 0. The first-order valence-corrected chi connectivity index (χ1v) is 23.5. The van der Waals surface area contributed by atoms with E-state index in [9.17, 15) is 47.9 Å². The lowest BCUT2D eigenvalue weighted by Gasteiger charge is -2.34. The van der Waals surface area contributed by atoms with Gasteiger partial charge >= 0.3 is 0 Å². The van der Waals surface area contributed by atoms with Gasteiger partial charge < -0.3 is 40.0 Å². The Kier molecular flexibility index (Phi) is 20.1. The number of likely N-dealkylation sites (N-methyl/N-ethyl adjacent to an activating group) is 4. The second-order valence-electron chi connectivity index (χ2n) is 20.1. The van der Waals surface area contributed by atoms with Crippen molar-refractivity contribution >= 4 is 58.8 Å². The summed E-state index contributed by atoms with van der Waals surface area (Å²) in [4.78, 5) is 147. The van der Waals surface area contributed by atoms with Gasteiger partial charge in [0.15, 0.2) is 11.6 Å². The topological polar surface area (TPSA) is 214 Å². The van der Waals surface area contributed by atoms with Crippen LogP contribution < -0.4 is 10.6 Å². The van der Waals surface area contributed by atoms with Crippen molar-refractivity contribution in [1.29, 1.82) is 0 Å². The van der Waals surface area contributed by atoms with E-state index in [0.29, 0.717) is 32.1 Å². The lowest BCUT2D eigenvalue weighted by atomic mass is 9.90. The zero-order valence-electron chi connectivity index (χ0n) is 41.3. The van der Waals surface area contributed by atoms with Gasteiger partial charge in [0.1, 0.15) is 30.2 Å². The van der Waals surface area contributed by atoms with Crippen LogP contribution in [0.4, 0.5) is 0 Å². The van der Waals surface area contributed by atoms with Crippen molar-refractivity contribution in [3.63, 3.8) is 0 Å². The maximum atomic E-state index is 14.3. The molecule has 18 heteroatoms. The first-order valence-electron chi connectivity index (χ1n) is 23.5. The van der Waals surface area contributed by atoms with Gasteiger partial charge in [-0.3, -0.25) is 47.9 Å². The van der Waals surface area contributed by atoms with Crippen molar-refractivity contribution in [2.24, 2.45) is 29.6 Å². The highest BCUT2D eigenvalue weighted by atomic mass is 16.2. The minimum atomic E-state index is -1.08. The quantitative estimate of drug-likeness (QED) is 0.395. The van der Waals surface area contributed by atoms with Gasteiger partial charge in [-0.05, 0) is 76.5 Å². The van der Waals surface area contributed by atoms with Gasteiger partial charge in [-0.15, -0.1) is 0 Å². The molecule has 3 aliphatic heterocycles. The van der Waals surface area contributed by atoms with Crippen LogP contribution >= 0.6 is 0 Å². The SMILES string of the molecule is CC(C)C[C@@H]1CC(=O)CN(C)C(=O)[C@H]2CCCN2C(=O)[C@H](CC(C)C)NC(=O)[C@H](C)N(C)C(=O)[C@H](CC(C)C)NC(=O)CN(C)C(=O)[C@H]2CCCN2C(=O)[C@H](C)CC(=O)[C@H](C)N(C)C1=O. The molecule has 0 bridgehead atoms. The summed E-state index contributed by atoms with van der Waals surface area (Å²) in [6.45, 7) is 15.9. The van der Waals surface area contributed by atoms with Gasteiger partial charge in [0.25, 0.3) is 0 Å². The zero-order valence-corrected chi connectivity index (χ0v) is 41.3. The van der Waals surface area contributed by atoms with Crippen LogP contribution in [0.5, 0.6) is 0 Å². The number of carbonyl (C=O) groups is 10. The van der Waals surface area contributed by atoms with E-state index in [0.717, 1.165) is 0 Å². The predicted octanol–water partition coefficient (Wildman–Crippen LogP) is 1.87. The van der Waals surface area contributed by atoms with E-state index in [1.165, 1.54) is 64.5 Å². The summed E-state index contributed by atoms with van der Waals surface area (Å²) in [5.41, 5.74) is 0. The lowest BCUT2D eigenvalue weighted by Crippen LogP contribution is -2.58. The average molecular weight is 915 g/mol. The van der Waals surface area contributed by atoms with Crippen molar-refractivity contribution in [3.05, 3.63) is 0 Å². The highest BCUT2D eigenvalue weighted by Gasteiger charge is 2.42. The zero-order chi connectivity index (χ0) is 49.2. The number of rotatable bonds is 6. The van der Waals surface area contributed by atoms with Crippen LogP contribution in [0.1, 0.15) is 120 Å². The Morgan fingerprint density at radius 3 is 1.49 bits per heavy atom. The minimum Gasteiger partial charge on any atom is -0.343 e. The Hall–Kier alpha value is -4.90. The van der Waals surface area contributed by atoms with Gasteiger partial charge in [-0.1, -0.05) is 48.5 Å². The molecule has 18 nitrogen and oxygen atoms in total. The monoisotopic (exact) mass is 915 g/mol. The standard InChI is InChI=1S/C47H78N8O10/c1-27(2)20-33-24-34(56)25-50(10)46(64)38-17-15-19-55(38)45(63)36(22-29(5)6)49-41(59)32(9)53(13)44(62)35(21-28(3)4)48-40(58)26-51(11)47(65)37-16-14-18-54(37)42(60)30(7)23-39(57)31(8)52(12)43(33)61/h27-33,35-38H,14-26H2,1-13H3,(H,48,58)(H,49,59)/t30-,31+,32+,33-,35+,36+,37-,38-/m1/s1. The number of hydrogen-bond donors (Lipinski definition) is 2. The molecule has 366 valence electrons. The molecule has 3 saturated heterocycles. The van der Waals surface area contributed by atoms with Gasteiger partial charge in [-0.2, -0.15) is 0 Å². The Bertz CT molecular complexity index is 1790. The number of nitrogens with zero attached hydrogens (tertiary/aromatic N) is 6. The number of nitrogens with one attached hydrogen (secondary N) is 2. The number of Topliss-reactive ketones (excluding diaryl/α,β-unsaturated/α-hetero) is 2. The van der Waals surface area contributed by atoms with Crippen molar-refractivity contribution in [3.8, 4) is 0 Å². The molecule has 3 rings (SSSR count). The van der Waals surface area contributed by atoms with E-state index in [-0.39, 0.29) is 74.6 Å². The molecular weight excluding hydrogens is 837 g/mol. The number of hydrogen-bond acceptors (Lipinski definition) is 10. The minimum absolute atomic E-state index is 0.0172. The molecule has 65 heavy (non-hydrogen) atoms. The van der Waals surface area contributed by atoms with E-state index >= 15 is 0 Å². The molecule has 3 fully saturated rings. The van der Waals surface area contributed by atoms with Gasteiger partial charge in [0.05, 0.1) is 19.1 Å². The lowest BCUT2D eigenvalue weighted by molar-refractivity contribution is -0.148. The third-order valence-electron chi connectivity index (χ3n) is 13.1. The highest BCUT2D eigenvalue weighted by Crippen LogP contribution is 2.26. The molecule has 0 aliphatic carbocycles. The fourth-order valence-corrected chi connectivity index (χ4v) is 9.17. The molecule has 3 aliphatic rings. The van der Waals surface area contributed by atoms with Gasteiger partial charge in [0, 0.05) is 66.0 Å². The van der Waals surface area contributed by atoms with E-state index in [4.69, 9.17) is 0 Å².